The van der Waals surface area contributed by atoms with E-state index in [9.17, 15) is 4.79 Å². The van der Waals surface area contributed by atoms with Gasteiger partial charge in [-0.05, 0) is 41.0 Å². The highest BCUT2D eigenvalue weighted by molar-refractivity contribution is 6.08. The summed E-state index contributed by atoms with van der Waals surface area (Å²) in [6, 6.07) is 29.1. The molecular formula is C49H52O14. The first-order valence-electron chi connectivity index (χ1n) is 20.0. The number of rotatable bonds is 18. The average molecular weight is 865 g/mol. The van der Waals surface area contributed by atoms with Crippen molar-refractivity contribution in [2.24, 2.45) is 0 Å². The summed E-state index contributed by atoms with van der Waals surface area (Å²) < 4.78 is 73.1. The van der Waals surface area contributed by atoms with Crippen LogP contribution in [0.15, 0.2) is 110 Å². The minimum atomic E-state index is -1.29. The Morgan fingerprint density at radius 1 is 0.587 bits per heavy atom. The van der Waals surface area contributed by atoms with Crippen molar-refractivity contribution in [1.29, 1.82) is 0 Å². The summed E-state index contributed by atoms with van der Waals surface area (Å²) in [4.78, 5) is 30.1. The normalized spacial score (nSPS) is 16.7. The van der Waals surface area contributed by atoms with Crippen LogP contribution in [0.25, 0.3) is 11.1 Å². The fraction of sp³-hybridized carbons (Fsp3) is 0.306. The lowest BCUT2D eigenvalue weighted by atomic mass is 9.91. The van der Waals surface area contributed by atoms with E-state index in [0.717, 1.165) is 16.7 Å². The summed E-state index contributed by atoms with van der Waals surface area (Å²) in [7, 11) is 10.0. The number of cyclic esters (lactones) is 2. The van der Waals surface area contributed by atoms with E-state index < -0.39 is 43.0 Å². The first kappa shape index (κ1) is 45.8. The van der Waals surface area contributed by atoms with Crippen LogP contribution < -0.4 is 33.2 Å². The molecule has 0 aliphatic carbocycles. The van der Waals surface area contributed by atoms with Gasteiger partial charge in [-0.15, -0.1) is 6.58 Å². The van der Waals surface area contributed by atoms with Crippen LogP contribution in [0, 0.1) is 0 Å². The number of carbonyl (C=O) groups is 2. The van der Waals surface area contributed by atoms with E-state index in [2.05, 4.69) is 6.58 Å². The van der Waals surface area contributed by atoms with Gasteiger partial charge in [0.1, 0.15) is 30.7 Å². The zero-order chi connectivity index (χ0) is 44.9. The predicted octanol–water partition coefficient (Wildman–Crippen LogP) is 8.05. The summed E-state index contributed by atoms with van der Waals surface area (Å²) in [5.41, 5.74) is 2.35. The number of benzene rings is 5. The molecule has 0 N–H and O–H groups in total. The van der Waals surface area contributed by atoms with Gasteiger partial charge in [0.2, 0.25) is 11.5 Å². The summed E-state index contributed by atoms with van der Waals surface area (Å²) in [5, 5.41) is 0. The molecule has 0 bridgehead atoms. The third kappa shape index (κ3) is 10.3. The molecule has 6 rings (SSSR count). The van der Waals surface area contributed by atoms with E-state index >= 15 is 4.79 Å². The Bertz CT molecular complexity index is 2310. The summed E-state index contributed by atoms with van der Waals surface area (Å²) in [6.07, 6.45) is -3.03. The number of fused-ring (bicyclic) bond motifs is 3. The second-order valence-corrected chi connectivity index (χ2v) is 14.1. The van der Waals surface area contributed by atoms with E-state index in [4.69, 9.17) is 56.8 Å². The van der Waals surface area contributed by atoms with Gasteiger partial charge < -0.3 is 56.8 Å². The molecule has 332 valence electrons. The molecule has 5 aromatic carbocycles. The average Bonchev–Trinajstić information content (AvgIpc) is 3.33. The summed E-state index contributed by atoms with van der Waals surface area (Å²) in [5.74, 6) is -0.551. The molecule has 63 heavy (non-hydrogen) atoms. The van der Waals surface area contributed by atoms with Crippen LogP contribution in [-0.4, -0.2) is 92.7 Å². The summed E-state index contributed by atoms with van der Waals surface area (Å²) >= 11 is 0. The molecule has 0 fully saturated rings. The zero-order valence-corrected chi connectivity index (χ0v) is 36.4. The number of esters is 2. The Morgan fingerprint density at radius 3 is 1.57 bits per heavy atom. The van der Waals surface area contributed by atoms with E-state index in [-0.39, 0.29) is 76.6 Å². The van der Waals surface area contributed by atoms with Crippen LogP contribution in [0.1, 0.15) is 37.4 Å². The lowest BCUT2D eigenvalue weighted by Crippen LogP contribution is -2.51. The van der Waals surface area contributed by atoms with Crippen molar-refractivity contribution in [3.8, 4) is 51.4 Å². The van der Waals surface area contributed by atoms with Crippen LogP contribution >= 0.6 is 0 Å². The lowest BCUT2D eigenvalue weighted by molar-refractivity contribution is -0.171. The van der Waals surface area contributed by atoms with Crippen LogP contribution in [0.3, 0.4) is 0 Å². The fourth-order valence-corrected chi connectivity index (χ4v) is 7.28. The van der Waals surface area contributed by atoms with Crippen LogP contribution in [0.2, 0.25) is 0 Å². The second kappa shape index (κ2) is 21.9. The molecule has 14 nitrogen and oxygen atoms in total. The Hall–Kier alpha value is -6.74. The van der Waals surface area contributed by atoms with Gasteiger partial charge in [0.05, 0.1) is 80.7 Å². The number of methoxy groups -OCH3 is 7. The van der Waals surface area contributed by atoms with Gasteiger partial charge in [-0.2, -0.15) is 0 Å². The van der Waals surface area contributed by atoms with Crippen molar-refractivity contribution in [1.82, 2.24) is 0 Å². The van der Waals surface area contributed by atoms with Crippen molar-refractivity contribution in [2.45, 2.75) is 44.2 Å². The molecular weight excluding hydrogens is 813 g/mol. The van der Waals surface area contributed by atoms with Gasteiger partial charge >= 0.3 is 11.9 Å². The maximum absolute atomic E-state index is 15.3. The van der Waals surface area contributed by atoms with Crippen molar-refractivity contribution in [2.75, 3.05) is 56.4 Å². The van der Waals surface area contributed by atoms with E-state index in [1.807, 2.05) is 72.8 Å². The molecule has 0 saturated carbocycles. The van der Waals surface area contributed by atoms with Gasteiger partial charge in [0.25, 0.3) is 0 Å². The van der Waals surface area contributed by atoms with Crippen molar-refractivity contribution in [3.63, 3.8) is 0 Å². The molecule has 1 aliphatic heterocycles. The van der Waals surface area contributed by atoms with E-state index in [0.29, 0.717) is 5.75 Å². The Balaban J connectivity index is 1.61. The number of hydrogen-bond donors (Lipinski definition) is 0. The van der Waals surface area contributed by atoms with E-state index in [1.165, 1.54) is 60.9 Å². The molecule has 1 aliphatic rings. The molecule has 0 unspecified atom stereocenters. The first-order valence-corrected chi connectivity index (χ1v) is 20.0. The predicted molar refractivity (Wildman–Crippen MR) is 232 cm³/mol. The molecule has 0 spiro atoms. The molecule has 14 heteroatoms. The number of hydrogen-bond acceptors (Lipinski definition) is 14. The Labute approximate surface area is 367 Å². The molecule has 0 saturated heterocycles. The third-order valence-electron chi connectivity index (χ3n) is 10.4. The van der Waals surface area contributed by atoms with E-state index in [1.54, 1.807) is 19.2 Å². The third-order valence-corrected chi connectivity index (χ3v) is 10.4. The Kier molecular flexibility index (Phi) is 15.9. The molecule has 4 atom stereocenters. The standard InChI is InChI=1S/C49H52O14/c1-9-36(59-26-30-16-12-10-13-17-30)45-44(61-28-31-18-14-11-15-19-31)39(60-27-32-20-22-33(52-2)23-21-32)29-62-48(50)34-24-37(53-3)42(55-5)46(57-7)40(34)41-35(49(51)63-45)25-38(54-4)43(56-6)47(41)58-8/h9-25,36,39,44-45H,1,26-29H2,2-8H3/t36-,39+,44+,45+/m0/s1. The maximum Gasteiger partial charge on any atom is 0.339 e. The topological polar surface area (TPSA) is 145 Å². The summed E-state index contributed by atoms with van der Waals surface area (Å²) in [6.45, 7) is 3.91. The quantitative estimate of drug-likeness (QED) is 0.0619. The molecule has 0 amide bonds. The van der Waals surface area contributed by atoms with Crippen molar-refractivity contribution in [3.05, 3.63) is 138 Å². The highest BCUT2D eigenvalue weighted by Crippen LogP contribution is 2.54. The Morgan fingerprint density at radius 2 is 1.08 bits per heavy atom. The SMILES string of the molecule is C=C[C@H](OCc1ccccc1)[C@H]1OC(=O)c2cc(OC)c(OC)c(OC)c2-c2c(cc(OC)c(OC)c2OC)C(=O)OC[C@@H](OCc2ccc(OC)cc2)[C@H]1OCc1ccccc1. The highest BCUT2D eigenvalue weighted by Gasteiger charge is 2.43. The minimum Gasteiger partial charge on any atom is -0.497 e. The smallest absolute Gasteiger partial charge is 0.339 e. The second-order valence-electron chi connectivity index (χ2n) is 14.1. The number of ether oxygens (including phenoxy) is 12. The van der Waals surface area contributed by atoms with Crippen molar-refractivity contribution < 1.29 is 66.4 Å². The molecule has 0 aromatic heterocycles. The minimum absolute atomic E-state index is 0.00940. The van der Waals surface area contributed by atoms with Gasteiger partial charge in [0.15, 0.2) is 29.1 Å². The molecule has 0 radical (unpaired) electrons. The van der Waals surface area contributed by atoms with Crippen LogP contribution in [-0.2, 0) is 43.5 Å². The van der Waals surface area contributed by atoms with Crippen molar-refractivity contribution >= 4 is 11.9 Å². The largest absolute Gasteiger partial charge is 0.497 e. The van der Waals surface area contributed by atoms with Gasteiger partial charge in [0, 0.05) is 11.1 Å². The van der Waals surface area contributed by atoms with Crippen LogP contribution in [0.5, 0.6) is 40.2 Å². The molecule has 5 aromatic rings. The van der Waals surface area contributed by atoms with Gasteiger partial charge in [-0.1, -0.05) is 78.9 Å². The van der Waals surface area contributed by atoms with Crippen LogP contribution in [0.4, 0.5) is 0 Å². The maximum atomic E-state index is 15.3. The fourth-order valence-electron chi connectivity index (χ4n) is 7.28. The highest BCUT2D eigenvalue weighted by atomic mass is 16.6. The number of carbonyl (C=O) groups excluding carboxylic acids is 2. The van der Waals surface area contributed by atoms with Gasteiger partial charge in [-0.3, -0.25) is 0 Å². The monoisotopic (exact) mass is 864 g/mol. The molecule has 1 heterocycles. The lowest BCUT2D eigenvalue weighted by Gasteiger charge is -2.36. The van der Waals surface area contributed by atoms with Gasteiger partial charge in [-0.25, -0.2) is 9.59 Å². The first-order chi connectivity index (χ1) is 30.7. The zero-order valence-electron chi connectivity index (χ0n) is 36.4.